The molecule has 1 atom stereocenters. The standard InChI is InChI=1S/C27H54O5/c1-4-7-9-10-11-12-13-14-15-16-17-19-29-20-21-30-22-23-31-24-25-32-27(28)26(6-3)18-8-5-2/h26H,4-25H2,1-3H3. The highest BCUT2D eigenvalue weighted by molar-refractivity contribution is 5.72. The number of carbonyl (C=O) groups excluding carboxylic acids is 1. The predicted octanol–water partition coefficient (Wildman–Crippen LogP) is 7.11. The molecule has 0 aromatic heterocycles. The SMILES string of the molecule is CCCCCCCCCCCCCOCCOCCOCCOC(=O)C(CC)CCCC. The number of hydrogen-bond acceptors (Lipinski definition) is 5. The predicted molar refractivity (Wildman–Crippen MR) is 133 cm³/mol. The summed E-state index contributed by atoms with van der Waals surface area (Å²) in [6.45, 7) is 10.3. The van der Waals surface area contributed by atoms with Crippen LogP contribution in [0.4, 0.5) is 0 Å². The summed E-state index contributed by atoms with van der Waals surface area (Å²) in [5, 5.41) is 0. The fraction of sp³-hybridized carbons (Fsp3) is 0.963. The van der Waals surface area contributed by atoms with Crippen LogP contribution in [0, 0.1) is 5.92 Å². The summed E-state index contributed by atoms with van der Waals surface area (Å²) in [4.78, 5) is 12.0. The molecule has 192 valence electrons. The molecule has 0 N–H and O–H groups in total. The van der Waals surface area contributed by atoms with Crippen LogP contribution in [0.15, 0.2) is 0 Å². The zero-order valence-electron chi connectivity index (χ0n) is 21.7. The molecule has 0 aliphatic rings. The third kappa shape index (κ3) is 22.5. The van der Waals surface area contributed by atoms with Crippen molar-refractivity contribution in [1.29, 1.82) is 0 Å². The third-order valence-electron chi connectivity index (χ3n) is 5.84. The molecule has 5 nitrogen and oxygen atoms in total. The smallest absolute Gasteiger partial charge is 0.308 e. The highest BCUT2D eigenvalue weighted by Crippen LogP contribution is 2.14. The van der Waals surface area contributed by atoms with Crippen LogP contribution >= 0.6 is 0 Å². The lowest BCUT2D eigenvalue weighted by atomic mass is 10.00. The molecule has 5 heteroatoms. The Hall–Kier alpha value is -0.650. The monoisotopic (exact) mass is 458 g/mol. The molecule has 0 rings (SSSR count). The van der Waals surface area contributed by atoms with Gasteiger partial charge in [-0.2, -0.15) is 0 Å². The summed E-state index contributed by atoms with van der Waals surface area (Å²) in [7, 11) is 0. The van der Waals surface area contributed by atoms with Gasteiger partial charge in [-0.25, -0.2) is 0 Å². The molecular weight excluding hydrogens is 404 g/mol. The van der Waals surface area contributed by atoms with Gasteiger partial charge in [-0.05, 0) is 19.3 Å². The first-order valence-corrected chi connectivity index (χ1v) is 13.7. The number of unbranched alkanes of at least 4 members (excludes halogenated alkanes) is 11. The molecule has 0 radical (unpaired) electrons. The lowest BCUT2D eigenvalue weighted by molar-refractivity contribution is -0.150. The van der Waals surface area contributed by atoms with Crippen molar-refractivity contribution in [3.8, 4) is 0 Å². The molecule has 0 amide bonds. The van der Waals surface area contributed by atoms with E-state index in [0.29, 0.717) is 39.6 Å². The number of rotatable bonds is 26. The molecule has 0 heterocycles. The maximum Gasteiger partial charge on any atom is 0.308 e. The van der Waals surface area contributed by atoms with E-state index in [1.165, 1.54) is 64.2 Å². The highest BCUT2D eigenvalue weighted by Gasteiger charge is 2.16. The first-order chi connectivity index (χ1) is 15.8. The zero-order chi connectivity index (χ0) is 23.5. The van der Waals surface area contributed by atoms with Gasteiger partial charge in [-0.15, -0.1) is 0 Å². The van der Waals surface area contributed by atoms with Gasteiger partial charge in [0.25, 0.3) is 0 Å². The van der Waals surface area contributed by atoms with Crippen LogP contribution in [0.25, 0.3) is 0 Å². The summed E-state index contributed by atoms with van der Waals surface area (Å²) in [6.07, 6.45) is 18.9. The Kier molecular flexibility index (Phi) is 26.1. The van der Waals surface area contributed by atoms with Crippen LogP contribution < -0.4 is 0 Å². The summed E-state index contributed by atoms with van der Waals surface area (Å²) in [5.41, 5.74) is 0. The van der Waals surface area contributed by atoms with Crippen molar-refractivity contribution >= 4 is 5.97 Å². The normalized spacial score (nSPS) is 12.2. The first kappa shape index (κ1) is 31.4. The largest absolute Gasteiger partial charge is 0.463 e. The van der Waals surface area contributed by atoms with Gasteiger partial charge in [0.2, 0.25) is 0 Å². The summed E-state index contributed by atoms with van der Waals surface area (Å²) >= 11 is 0. The minimum Gasteiger partial charge on any atom is -0.463 e. The Bertz CT molecular complexity index is 375. The van der Waals surface area contributed by atoms with Crippen LogP contribution in [-0.2, 0) is 23.7 Å². The lowest BCUT2D eigenvalue weighted by Crippen LogP contribution is -2.20. The van der Waals surface area contributed by atoms with E-state index in [0.717, 1.165) is 38.7 Å². The fourth-order valence-corrected chi connectivity index (χ4v) is 3.67. The van der Waals surface area contributed by atoms with Crippen LogP contribution in [-0.4, -0.2) is 52.2 Å². The van der Waals surface area contributed by atoms with E-state index in [2.05, 4.69) is 13.8 Å². The van der Waals surface area contributed by atoms with E-state index in [-0.39, 0.29) is 11.9 Å². The fourth-order valence-electron chi connectivity index (χ4n) is 3.67. The van der Waals surface area contributed by atoms with Gasteiger partial charge in [0.05, 0.1) is 39.0 Å². The Morgan fingerprint density at radius 2 is 0.969 bits per heavy atom. The molecular formula is C27H54O5. The minimum atomic E-state index is -0.0873. The molecule has 0 bridgehead atoms. The van der Waals surface area contributed by atoms with Crippen LogP contribution in [0.2, 0.25) is 0 Å². The van der Waals surface area contributed by atoms with E-state index in [1.807, 2.05) is 6.92 Å². The second-order valence-electron chi connectivity index (χ2n) is 8.79. The van der Waals surface area contributed by atoms with Crippen molar-refractivity contribution in [2.24, 2.45) is 5.92 Å². The number of carbonyl (C=O) groups is 1. The van der Waals surface area contributed by atoms with Crippen LogP contribution in [0.3, 0.4) is 0 Å². The molecule has 1 unspecified atom stereocenters. The molecule has 0 fully saturated rings. The first-order valence-electron chi connectivity index (χ1n) is 13.7. The third-order valence-corrected chi connectivity index (χ3v) is 5.84. The van der Waals surface area contributed by atoms with Crippen molar-refractivity contribution < 1.29 is 23.7 Å². The van der Waals surface area contributed by atoms with Gasteiger partial charge < -0.3 is 18.9 Å². The summed E-state index contributed by atoms with van der Waals surface area (Å²) < 4.78 is 21.9. The summed E-state index contributed by atoms with van der Waals surface area (Å²) in [6, 6.07) is 0. The van der Waals surface area contributed by atoms with Crippen molar-refractivity contribution in [1.82, 2.24) is 0 Å². The van der Waals surface area contributed by atoms with Gasteiger partial charge in [-0.1, -0.05) is 97.8 Å². The second-order valence-corrected chi connectivity index (χ2v) is 8.79. The van der Waals surface area contributed by atoms with Crippen LogP contribution in [0.1, 0.15) is 117 Å². The Balaban J connectivity index is 3.20. The summed E-state index contributed by atoms with van der Waals surface area (Å²) in [5.74, 6) is -0.0563. The quantitative estimate of drug-likeness (QED) is 0.102. The van der Waals surface area contributed by atoms with Gasteiger partial charge in [0.1, 0.15) is 6.61 Å². The average molecular weight is 459 g/mol. The van der Waals surface area contributed by atoms with E-state index >= 15 is 0 Å². The van der Waals surface area contributed by atoms with Gasteiger partial charge in [0.15, 0.2) is 0 Å². The molecule has 0 aromatic rings. The number of hydrogen-bond donors (Lipinski definition) is 0. The van der Waals surface area contributed by atoms with E-state index in [1.54, 1.807) is 0 Å². The molecule has 0 saturated carbocycles. The van der Waals surface area contributed by atoms with E-state index < -0.39 is 0 Å². The van der Waals surface area contributed by atoms with Gasteiger partial charge >= 0.3 is 5.97 Å². The maximum absolute atomic E-state index is 12.0. The maximum atomic E-state index is 12.0. The van der Waals surface area contributed by atoms with Crippen molar-refractivity contribution in [2.45, 2.75) is 117 Å². The Morgan fingerprint density at radius 1 is 0.531 bits per heavy atom. The van der Waals surface area contributed by atoms with Crippen LogP contribution in [0.5, 0.6) is 0 Å². The van der Waals surface area contributed by atoms with Crippen molar-refractivity contribution in [2.75, 3.05) is 46.2 Å². The average Bonchev–Trinajstić information content (AvgIpc) is 2.80. The molecule has 0 spiro atoms. The van der Waals surface area contributed by atoms with Crippen molar-refractivity contribution in [3.05, 3.63) is 0 Å². The highest BCUT2D eigenvalue weighted by atomic mass is 16.6. The minimum absolute atomic E-state index is 0.0309. The molecule has 0 saturated heterocycles. The Labute approximate surface area is 199 Å². The van der Waals surface area contributed by atoms with Crippen molar-refractivity contribution in [3.63, 3.8) is 0 Å². The lowest BCUT2D eigenvalue weighted by Gasteiger charge is -2.13. The molecule has 0 aromatic carbocycles. The van der Waals surface area contributed by atoms with Gasteiger partial charge in [-0.3, -0.25) is 4.79 Å². The van der Waals surface area contributed by atoms with E-state index in [4.69, 9.17) is 18.9 Å². The topological polar surface area (TPSA) is 54.0 Å². The number of ether oxygens (including phenoxy) is 4. The second kappa shape index (κ2) is 26.6. The zero-order valence-corrected chi connectivity index (χ0v) is 21.7. The molecule has 0 aliphatic carbocycles. The van der Waals surface area contributed by atoms with Gasteiger partial charge in [0, 0.05) is 6.61 Å². The molecule has 32 heavy (non-hydrogen) atoms. The number of esters is 1. The Morgan fingerprint density at radius 3 is 1.47 bits per heavy atom. The molecule has 0 aliphatic heterocycles. The van der Waals surface area contributed by atoms with E-state index in [9.17, 15) is 4.79 Å².